The number of H-pyrrole nitrogens is 2. The summed E-state index contributed by atoms with van der Waals surface area (Å²) in [5, 5.41) is 11.3. The summed E-state index contributed by atoms with van der Waals surface area (Å²) in [6.45, 7) is 3.88. The van der Waals surface area contributed by atoms with Gasteiger partial charge in [0, 0.05) is 33.8 Å². The second-order valence-electron chi connectivity index (χ2n) is 7.40. The number of rotatable bonds is 4. The van der Waals surface area contributed by atoms with E-state index in [2.05, 4.69) is 9.97 Å². The summed E-state index contributed by atoms with van der Waals surface area (Å²) < 4.78 is 15.5. The van der Waals surface area contributed by atoms with Crippen molar-refractivity contribution in [3.05, 3.63) is 105 Å². The van der Waals surface area contributed by atoms with Crippen molar-refractivity contribution in [2.24, 2.45) is 0 Å². The maximum Gasteiger partial charge on any atom is 0.353 e. The average molecular weight is 459 g/mol. The van der Waals surface area contributed by atoms with Crippen molar-refractivity contribution in [1.82, 2.24) is 14.5 Å². The molecule has 0 saturated heterocycles. The van der Waals surface area contributed by atoms with Crippen LogP contribution in [0.5, 0.6) is 0 Å². The molecule has 3 aromatic heterocycles. The molecule has 0 amide bonds. The van der Waals surface area contributed by atoms with Crippen molar-refractivity contribution in [2.45, 2.75) is 20.4 Å². The lowest BCUT2D eigenvalue weighted by molar-refractivity contribution is 0.0687. The van der Waals surface area contributed by atoms with E-state index in [-0.39, 0.29) is 34.4 Å². The third-order valence-electron chi connectivity index (χ3n) is 5.48. The molecule has 3 N–H and O–H groups in total. The van der Waals surface area contributed by atoms with Crippen LogP contribution in [0.1, 0.15) is 29.9 Å². The fourth-order valence-electron chi connectivity index (χ4n) is 4.08. The number of carbonyl (C=O) groups is 1. The Morgan fingerprint density at radius 3 is 2.50 bits per heavy atom. The van der Waals surface area contributed by atoms with Gasteiger partial charge < -0.3 is 19.6 Å². The number of benzene rings is 2. The second kappa shape index (κ2) is 9.19. The number of pyridine rings is 2. The fourth-order valence-corrected chi connectivity index (χ4v) is 4.08. The first-order valence-electron chi connectivity index (χ1n) is 10.8. The summed E-state index contributed by atoms with van der Waals surface area (Å²) >= 11 is 0. The number of nitrogens with zero attached hydrogens (tertiary/aromatic N) is 1. The molecule has 0 spiro atoms. The fraction of sp³-hybridized carbons (Fsp3) is 0.115. The summed E-state index contributed by atoms with van der Waals surface area (Å²) in [5.74, 6) is -1.86. The molecule has 0 unspecified atom stereocenters. The van der Waals surface area contributed by atoms with Crippen molar-refractivity contribution in [1.29, 1.82) is 0 Å². The van der Waals surface area contributed by atoms with Gasteiger partial charge in [-0.3, -0.25) is 9.59 Å². The number of aromatic nitrogens is 3. The van der Waals surface area contributed by atoms with Gasteiger partial charge in [-0.2, -0.15) is 0 Å². The number of carboxylic acids is 1. The highest BCUT2D eigenvalue weighted by molar-refractivity contribution is 6.08. The van der Waals surface area contributed by atoms with E-state index in [4.69, 9.17) is 0 Å². The number of hydrogen-bond donors (Lipinski definition) is 3. The Kier molecular flexibility index (Phi) is 6.14. The number of aromatic amines is 2. The van der Waals surface area contributed by atoms with Gasteiger partial charge in [0.05, 0.1) is 12.1 Å². The minimum Gasteiger partial charge on any atom is -0.477 e. The van der Waals surface area contributed by atoms with Crippen LogP contribution in [0.4, 0.5) is 4.39 Å². The molecule has 0 aliphatic heterocycles. The minimum absolute atomic E-state index is 0.119. The minimum atomic E-state index is -1.29. The predicted molar refractivity (Wildman–Crippen MR) is 130 cm³/mol. The maximum atomic E-state index is 14.2. The van der Waals surface area contributed by atoms with Gasteiger partial charge in [0.25, 0.3) is 11.1 Å². The molecule has 0 fully saturated rings. The molecular formula is C26H22FN3O4. The van der Waals surface area contributed by atoms with E-state index in [1.54, 1.807) is 24.3 Å². The number of para-hydroxylation sites is 1. The van der Waals surface area contributed by atoms with E-state index >= 15 is 0 Å². The third kappa shape index (κ3) is 3.90. The van der Waals surface area contributed by atoms with Crippen molar-refractivity contribution in [3.63, 3.8) is 0 Å². The topological polar surface area (TPSA) is 108 Å². The van der Waals surface area contributed by atoms with E-state index in [1.807, 2.05) is 26.0 Å². The molecule has 0 radical (unpaired) electrons. The summed E-state index contributed by atoms with van der Waals surface area (Å²) in [4.78, 5) is 42.9. The molecule has 34 heavy (non-hydrogen) atoms. The van der Waals surface area contributed by atoms with Gasteiger partial charge in [-0.25, -0.2) is 9.18 Å². The Morgan fingerprint density at radius 1 is 1.00 bits per heavy atom. The Hall–Kier alpha value is -4.46. The van der Waals surface area contributed by atoms with Gasteiger partial charge >= 0.3 is 5.97 Å². The van der Waals surface area contributed by atoms with Crippen LogP contribution in [0.25, 0.3) is 32.9 Å². The summed E-state index contributed by atoms with van der Waals surface area (Å²) in [6.07, 6.45) is 1.44. The van der Waals surface area contributed by atoms with E-state index in [0.717, 1.165) is 5.39 Å². The number of nitrogens with one attached hydrogen (secondary N) is 2. The quantitative estimate of drug-likeness (QED) is 0.360. The Bertz CT molecular complexity index is 1650. The standard InChI is InChI=1S/C24H16FN3O4.C2H6/c25-15-7-8-16-19(11-15)28(12-14-10-13-4-1-2-6-18(13)27-22(14)29)21(24(31)32)20(16)17-5-3-9-26-23(17)30;1-2/h1-11H,12H2,(H,26,30)(H,27,29)(H,31,32);1-2H3. The maximum absolute atomic E-state index is 14.2. The zero-order valence-corrected chi connectivity index (χ0v) is 18.6. The number of halogens is 1. The van der Waals surface area contributed by atoms with Crippen molar-refractivity contribution < 1.29 is 14.3 Å². The van der Waals surface area contributed by atoms with Crippen LogP contribution >= 0.6 is 0 Å². The van der Waals surface area contributed by atoms with E-state index in [9.17, 15) is 23.9 Å². The molecule has 5 aromatic rings. The number of hydrogen-bond acceptors (Lipinski definition) is 3. The molecule has 0 aliphatic rings. The van der Waals surface area contributed by atoms with Crippen LogP contribution in [0.2, 0.25) is 0 Å². The smallest absolute Gasteiger partial charge is 0.353 e. The Balaban J connectivity index is 0.00000133. The van der Waals surface area contributed by atoms with Gasteiger partial charge in [-0.1, -0.05) is 32.0 Å². The molecule has 7 nitrogen and oxygen atoms in total. The molecule has 3 heterocycles. The molecule has 0 saturated carbocycles. The Labute approximate surface area is 193 Å². The van der Waals surface area contributed by atoms with Crippen LogP contribution in [0.15, 0.2) is 76.4 Å². The average Bonchev–Trinajstić information content (AvgIpc) is 3.14. The summed E-state index contributed by atoms with van der Waals surface area (Å²) in [7, 11) is 0. The highest BCUT2D eigenvalue weighted by Gasteiger charge is 2.26. The molecule has 0 aliphatic carbocycles. The van der Waals surface area contributed by atoms with Crippen LogP contribution in [0.3, 0.4) is 0 Å². The monoisotopic (exact) mass is 459 g/mol. The summed E-state index contributed by atoms with van der Waals surface area (Å²) in [5.41, 5.74) is 0.502. The highest BCUT2D eigenvalue weighted by Crippen LogP contribution is 2.34. The number of carboxylic acid groups (broad SMARTS) is 1. The molecule has 8 heteroatoms. The Morgan fingerprint density at radius 2 is 1.76 bits per heavy atom. The molecule has 0 atom stereocenters. The van der Waals surface area contributed by atoms with Crippen molar-refractivity contribution in [2.75, 3.05) is 0 Å². The van der Waals surface area contributed by atoms with Crippen LogP contribution in [-0.2, 0) is 6.54 Å². The second-order valence-corrected chi connectivity index (χ2v) is 7.40. The van der Waals surface area contributed by atoms with Gasteiger partial charge in [0.1, 0.15) is 11.5 Å². The highest BCUT2D eigenvalue weighted by atomic mass is 19.1. The van der Waals surface area contributed by atoms with Gasteiger partial charge in [-0.15, -0.1) is 0 Å². The van der Waals surface area contributed by atoms with E-state index in [1.165, 1.54) is 35.0 Å². The lowest BCUT2D eigenvalue weighted by Crippen LogP contribution is -2.18. The van der Waals surface area contributed by atoms with Crippen molar-refractivity contribution >= 4 is 27.8 Å². The predicted octanol–water partition coefficient (Wildman–Crippen LogP) is 4.75. The zero-order chi connectivity index (χ0) is 24.4. The van der Waals surface area contributed by atoms with E-state index in [0.29, 0.717) is 16.5 Å². The van der Waals surface area contributed by atoms with Crippen LogP contribution < -0.4 is 11.1 Å². The normalized spacial score (nSPS) is 10.8. The number of aromatic carboxylic acids is 1. The van der Waals surface area contributed by atoms with Crippen LogP contribution in [-0.4, -0.2) is 25.6 Å². The van der Waals surface area contributed by atoms with E-state index < -0.39 is 17.3 Å². The number of fused-ring (bicyclic) bond motifs is 2. The SMILES string of the molecule is CC.O=C(O)c1c(-c2ccc[nH]c2=O)c2ccc(F)cc2n1Cc1cc2ccccc2[nH]c1=O. The lowest BCUT2D eigenvalue weighted by atomic mass is 10.0. The molecular weight excluding hydrogens is 437 g/mol. The molecule has 2 aromatic carbocycles. The molecule has 5 rings (SSSR count). The summed E-state index contributed by atoms with van der Waals surface area (Å²) in [6, 6.07) is 15.9. The first-order valence-corrected chi connectivity index (χ1v) is 10.8. The first kappa shape index (κ1) is 22.7. The van der Waals surface area contributed by atoms with Crippen molar-refractivity contribution in [3.8, 4) is 11.1 Å². The first-order chi connectivity index (χ1) is 16.4. The van der Waals surface area contributed by atoms with Gasteiger partial charge in [0.2, 0.25) is 0 Å². The van der Waals surface area contributed by atoms with Crippen LogP contribution in [0, 0.1) is 5.82 Å². The molecule has 0 bridgehead atoms. The lowest BCUT2D eigenvalue weighted by Gasteiger charge is -2.10. The largest absolute Gasteiger partial charge is 0.477 e. The van der Waals surface area contributed by atoms with Gasteiger partial charge in [0.15, 0.2) is 0 Å². The zero-order valence-electron chi connectivity index (χ0n) is 18.6. The molecule has 172 valence electrons. The third-order valence-corrected chi connectivity index (χ3v) is 5.48. The van der Waals surface area contributed by atoms with Gasteiger partial charge in [-0.05, 0) is 47.9 Å².